The van der Waals surface area contributed by atoms with Crippen molar-refractivity contribution in [3.63, 3.8) is 0 Å². The Hall–Kier alpha value is -1.71. The number of carbonyl (C=O) groups excluding carboxylic acids is 1. The average Bonchev–Trinajstić information content (AvgIpc) is 2.84. The third-order valence-electron chi connectivity index (χ3n) is 3.43. The van der Waals surface area contributed by atoms with E-state index in [2.05, 4.69) is 0 Å². The molecule has 0 unspecified atom stereocenters. The summed E-state index contributed by atoms with van der Waals surface area (Å²) >= 11 is 0. The van der Waals surface area contributed by atoms with Crippen LogP contribution in [0.2, 0.25) is 0 Å². The zero-order valence-corrected chi connectivity index (χ0v) is 11.5. The van der Waals surface area contributed by atoms with Crippen LogP contribution in [0.5, 0.6) is 11.5 Å². The van der Waals surface area contributed by atoms with Crippen molar-refractivity contribution in [3.05, 3.63) is 23.8 Å². The van der Waals surface area contributed by atoms with Gasteiger partial charge < -0.3 is 14.2 Å². The maximum absolute atomic E-state index is 11.0. The van der Waals surface area contributed by atoms with Crippen molar-refractivity contribution in [2.45, 2.75) is 38.2 Å². The molecule has 1 aliphatic rings. The molecule has 0 aliphatic carbocycles. The van der Waals surface area contributed by atoms with E-state index in [1.165, 1.54) is 0 Å². The summed E-state index contributed by atoms with van der Waals surface area (Å²) < 4.78 is 15.9. The molecule has 0 radical (unpaired) electrons. The number of para-hydroxylation sites is 1. The highest BCUT2D eigenvalue weighted by Gasteiger charge is 2.22. The summed E-state index contributed by atoms with van der Waals surface area (Å²) in [5, 5.41) is 0. The molecule has 0 bridgehead atoms. The van der Waals surface area contributed by atoms with Crippen LogP contribution >= 0.6 is 0 Å². The smallest absolute Gasteiger partial charge is 0.306 e. The summed E-state index contributed by atoms with van der Waals surface area (Å²) in [5.74, 6) is 1.49. The van der Waals surface area contributed by atoms with Crippen molar-refractivity contribution >= 4 is 5.97 Å². The van der Waals surface area contributed by atoms with Crippen LogP contribution in [0, 0.1) is 0 Å². The minimum absolute atomic E-state index is 0.0658. The zero-order chi connectivity index (χ0) is 13.7. The molecule has 0 saturated carbocycles. The Bertz CT molecular complexity index is 442. The van der Waals surface area contributed by atoms with Gasteiger partial charge in [-0.05, 0) is 37.3 Å². The summed E-state index contributed by atoms with van der Waals surface area (Å²) in [6.07, 6.45) is 4.30. The quantitative estimate of drug-likeness (QED) is 0.741. The SMILES string of the molecule is COc1cccc(CCC[C@@H]2CCC(=O)O2)c1OC. The number of cyclic esters (lactones) is 1. The summed E-state index contributed by atoms with van der Waals surface area (Å²) in [5.41, 5.74) is 1.13. The second-order valence-electron chi connectivity index (χ2n) is 4.70. The van der Waals surface area contributed by atoms with Crippen LogP contribution in [-0.2, 0) is 16.0 Å². The molecule has 1 fully saturated rings. The van der Waals surface area contributed by atoms with Crippen LogP contribution in [-0.4, -0.2) is 26.3 Å². The first-order chi connectivity index (χ1) is 9.24. The average molecular weight is 264 g/mol. The molecule has 1 saturated heterocycles. The Labute approximate surface area is 113 Å². The van der Waals surface area contributed by atoms with E-state index in [9.17, 15) is 4.79 Å². The van der Waals surface area contributed by atoms with Crippen LogP contribution in [0.15, 0.2) is 18.2 Å². The van der Waals surface area contributed by atoms with Gasteiger partial charge in [0.15, 0.2) is 11.5 Å². The molecule has 4 nitrogen and oxygen atoms in total. The van der Waals surface area contributed by atoms with Crippen molar-refractivity contribution in [2.75, 3.05) is 14.2 Å². The Kier molecular flexibility index (Phi) is 4.66. The molecule has 1 aliphatic heterocycles. The number of hydrogen-bond acceptors (Lipinski definition) is 4. The van der Waals surface area contributed by atoms with E-state index in [1.54, 1.807) is 14.2 Å². The minimum atomic E-state index is -0.0658. The van der Waals surface area contributed by atoms with Crippen LogP contribution in [0.1, 0.15) is 31.2 Å². The van der Waals surface area contributed by atoms with E-state index in [1.807, 2.05) is 18.2 Å². The number of ether oxygens (including phenoxy) is 3. The van der Waals surface area contributed by atoms with Gasteiger partial charge in [-0.3, -0.25) is 4.79 Å². The predicted octanol–water partition coefficient (Wildman–Crippen LogP) is 2.73. The molecule has 0 aromatic heterocycles. The monoisotopic (exact) mass is 264 g/mol. The summed E-state index contributed by atoms with van der Waals surface area (Å²) in [4.78, 5) is 11.0. The van der Waals surface area contributed by atoms with E-state index in [-0.39, 0.29) is 12.1 Å². The van der Waals surface area contributed by atoms with Crippen molar-refractivity contribution in [3.8, 4) is 11.5 Å². The van der Waals surface area contributed by atoms with Crippen LogP contribution in [0.3, 0.4) is 0 Å². The number of hydrogen-bond donors (Lipinski definition) is 0. The molecule has 0 spiro atoms. The van der Waals surface area contributed by atoms with Gasteiger partial charge in [-0.1, -0.05) is 12.1 Å². The van der Waals surface area contributed by atoms with Gasteiger partial charge in [-0.15, -0.1) is 0 Å². The van der Waals surface area contributed by atoms with Gasteiger partial charge in [-0.2, -0.15) is 0 Å². The van der Waals surface area contributed by atoms with Gasteiger partial charge in [-0.25, -0.2) is 0 Å². The van der Waals surface area contributed by atoms with E-state index in [4.69, 9.17) is 14.2 Å². The predicted molar refractivity (Wildman–Crippen MR) is 71.6 cm³/mol. The molecule has 1 atom stereocenters. The summed E-state index contributed by atoms with van der Waals surface area (Å²) in [6.45, 7) is 0. The molecule has 1 aromatic rings. The number of methoxy groups -OCH3 is 2. The van der Waals surface area contributed by atoms with Crippen LogP contribution in [0.25, 0.3) is 0 Å². The molecule has 0 N–H and O–H groups in total. The molecule has 19 heavy (non-hydrogen) atoms. The van der Waals surface area contributed by atoms with Gasteiger partial charge in [0, 0.05) is 6.42 Å². The third-order valence-corrected chi connectivity index (χ3v) is 3.43. The van der Waals surface area contributed by atoms with E-state index in [0.717, 1.165) is 42.7 Å². The molecule has 2 rings (SSSR count). The molecular weight excluding hydrogens is 244 g/mol. The first-order valence-corrected chi connectivity index (χ1v) is 6.64. The fourth-order valence-corrected chi connectivity index (χ4v) is 2.46. The molecule has 104 valence electrons. The largest absolute Gasteiger partial charge is 0.493 e. The maximum Gasteiger partial charge on any atom is 0.306 e. The highest BCUT2D eigenvalue weighted by Crippen LogP contribution is 2.32. The Morgan fingerprint density at radius 3 is 2.79 bits per heavy atom. The van der Waals surface area contributed by atoms with Crippen molar-refractivity contribution in [1.29, 1.82) is 0 Å². The highest BCUT2D eigenvalue weighted by atomic mass is 16.5. The number of benzene rings is 1. The normalized spacial score (nSPS) is 18.2. The second kappa shape index (κ2) is 6.45. The lowest BCUT2D eigenvalue weighted by molar-refractivity contribution is -0.141. The lowest BCUT2D eigenvalue weighted by Gasteiger charge is -2.13. The van der Waals surface area contributed by atoms with Crippen molar-refractivity contribution < 1.29 is 19.0 Å². The van der Waals surface area contributed by atoms with Gasteiger partial charge in [0.25, 0.3) is 0 Å². The minimum Gasteiger partial charge on any atom is -0.493 e. The number of aryl methyl sites for hydroxylation is 1. The van der Waals surface area contributed by atoms with E-state index >= 15 is 0 Å². The van der Waals surface area contributed by atoms with Gasteiger partial charge in [0.2, 0.25) is 0 Å². The fourth-order valence-electron chi connectivity index (χ4n) is 2.46. The summed E-state index contributed by atoms with van der Waals surface area (Å²) in [6, 6.07) is 5.90. The van der Waals surface area contributed by atoms with Crippen molar-refractivity contribution in [1.82, 2.24) is 0 Å². The first-order valence-electron chi connectivity index (χ1n) is 6.64. The maximum atomic E-state index is 11.0. The molecule has 1 heterocycles. The number of carbonyl (C=O) groups is 1. The van der Waals surface area contributed by atoms with E-state index in [0.29, 0.717) is 6.42 Å². The molecular formula is C15H20O4. The first kappa shape index (κ1) is 13.7. The van der Waals surface area contributed by atoms with Gasteiger partial charge in [0.1, 0.15) is 6.10 Å². The van der Waals surface area contributed by atoms with Crippen LogP contribution in [0.4, 0.5) is 0 Å². The van der Waals surface area contributed by atoms with Gasteiger partial charge in [0.05, 0.1) is 14.2 Å². The molecule has 4 heteroatoms. The number of rotatable bonds is 6. The van der Waals surface area contributed by atoms with Crippen LogP contribution < -0.4 is 9.47 Å². The summed E-state index contributed by atoms with van der Waals surface area (Å²) in [7, 11) is 3.29. The fraction of sp³-hybridized carbons (Fsp3) is 0.533. The Morgan fingerprint density at radius 2 is 2.16 bits per heavy atom. The number of esters is 1. The lowest BCUT2D eigenvalue weighted by atomic mass is 10.0. The topological polar surface area (TPSA) is 44.8 Å². The van der Waals surface area contributed by atoms with E-state index < -0.39 is 0 Å². The molecule has 1 aromatic carbocycles. The lowest BCUT2D eigenvalue weighted by Crippen LogP contribution is -2.07. The Morgan fingerprint density at radius 1 is 1.32 bits per heavy atom. The zero-order valence-electron chi connectivity index (χ0n) is 11.5. The standard InChI is InChI=1S/C15H20O4/c1-17-13-8-4-6-11(15(13)18-2)5-3-7-12-9-10-14(16)19-12/h4,6,8,12H,3,5,7,9-10H2,1-2H3/t12-/m1/s1. The Balaban J connectivity index is 1.90. The van der Waals surface area contributed by atoms with Gasteiger partial charge >= 0.3 is 5.97 Å². The highest BCUT2D eigenvalue weighted by molar-refractivity contribution is 5.71. The van der Waals surface area contributed by atoms with Crippen molar-refractivity contribution in [2.24, 2.45) is 0 Å². The third kappa shape index (κ3) is 3.40. The second-order valence-corrected chi connectivity index (χ2v) is 4.70. The molecule has 0 amide bonds.